The van der Waals surface area contributed by atoms with Crippen LogP contribution in [0.5, 0.6) is 11.5 Å². The van der Waals surface area contributed by atoms with Gasteiger partial charge in [-0.25, -0.2) is 0 Å². The van der Waals surface area contributed by atoms with Gasteiger partial charge >= 0.3 is 0 Å². The minimum Gasteiger partial charge on any atom is -0.503 e. The van der Waals surface area contributed by atoms with Gasteiger partial charge in [0, 0.05) is 10.3 Å². The van der Waals surface area contributed by atoms with Gasteiger partial charge in [0.2, 0.25) is 0 Å². The Morgan fingerprint density at radius 1 is 1.05 bits per heavy atom. The number of amides is 1. The van der Waals surface area contributed by atoms with Gasteiger partial charge in [-0.15, -0.1) is 0 Å². The summed E-state index contributed by atoms with van der Waals surface area (Å²) >= 11 is 1.27. The van der Waals surface area contributed by atoms with Gasteiger partial charge in [0.05, 0.1) is 5.69 Å². The van der Waals surface area contributed by atoms with E-state index in [9.17, 15) is 9.90 Å². The average Bonchev–Trinajstić information content (AvgIpc) is 2.60. The maximum absolute atomic E-state index is 11.5. The number of aliphatic hydroxyl groups is 1. The summed E-state index contributed by atoms with van der Waals surface area (Å²) in [6.45, 7) is 0. The second kappa shape index (κ2) is 5.30. The van der Waals surface area contributed by atoms with Crippen LogP contribution in [0.1, 0.15) is 0 Å². The van der Waals surface area contributed by atoms with Crippen molar-refractivity contribution in [1.29, 1.82) is 0 Å². The SMILES string of the molecule is O=C1Nc2ccc(Oc3ccccc3)cc2SC=C1O. The van der Waals surface area contributed by atoms with Crippen LogP contribution in [0.25, 0.3) is 0 Å². The van der Waals surface area contributed by atoms with Crippen LogP contribution < -0.4 is 10.1 Å². The number of thioether (sulfide) groups is 1. The van der Waals surface area contributed by atoms with Gasteiger partial charge in [-0.2, -0.15) is 0 Å². The Kier molecular flexibility index (Phi) is 3.35. The van der Waals surface area contributed by atoms with Gasteiger partial charge in [-0.1, -0.05) is 30.0 Å². The molecule has 0 saturated heterocycles. The summed E-state index contributed by atoms with van der Waals surface area (Å²) in [4.78, 5) is 12.3. The van der Waals surface area contributed by atoms with Crippen molar-refractivity contribution in [3.05, 3.63) is 59.7 Å². The van der Waals surface area contributed by atoms with E-state index in [1.807, 2.05) is 36.4 Å². The van der Waals surface area contributed by atoms with Crippen LogP contribution in [-0.2, 0) is 4.79 Å². The fraction of sp³-hybridized carbons (Fsp3) is 0. The molecule has 0 atom stereocenters. The Labute approximate surface area is 120 Å². The van der Waals surface area contributed by atoms with Crippen molar-refractivity contribution < 1.29 is 14.6 Å². The van der Waals surface area contributed by atoms with Crippen LogP contribution in [0.4, 0.5) is 5.69 Å². The Morgan fingerprint density at radius 3 is 2.65 bits per heavy atom. The molecular formula is C15H11NO3S. The molecule has 20 heavy (non-hydrogen) atoms. The number of ether oxygens (including phenoxy) is 1. The highest BCUT2D eigenvalue weighted by Crippen LogP contribution is 2.35. The average molecular weight is 285 g/mol. The Morgan fingerprint density at radius 2 is 1.85 bits per heavy atom. The highest BCUT2D eigenvalue weighted by Gasteiger charge is 2.16. The number of hydrogen-bond acceptors (Lipinski definition) is 4. The number of carbonyl (C=O) groups excluding carboxylic acids is 1. The zero-order chi connectivity index (χ0) is 13.9. The number of para-hydroxylation sites is 1. The quantitative estimate of drug-likeness (QED) is 0.878. The number of anilines is 1. The molecule has 2 aromatic carbocycles. The van der Waals surface area contributed by atoms with E-state index in [1.165, 1.54) is 17.2 Å². The van der Waals surface area contributed by atoms with Crippen LogP contribution in [0, 0.1) is 0 Å². The molecule has 0 saturated carbocycles. The van der Waals surface area contributed by atoms with Crippen LogP contribution in [-0.4, -0.2) is 11.0 Å². The molecule has 4 nitrogen and oxygen atoms in total. The van der Waals surface area contributed by atoms with Gasteiger partial charge in [0.25, 0.3) is 5.91 Å². The van der Waals surface area contributed by atoms with E-state index >= 15 is 0 Å². The van der Waals surface area contributed by atoms with E-state index in [0.29, 0.717) is 11.4 Å². The standard InChI is InChI=1S/C15H11NO3S/c17-13-9-20-14-8-11(6-7-12(14)16-15(13)18)19-10-4-2-1-3-5-10/h1-9,17H,(H,16,18). The molecule has 1 heterocycles. The van der Waals surface area contributed by atoms with E-state index in [-0.39, 0.29) is 5.76 Å². The minimum atomic E-state index is -0.507. The summed E-state index contributed by atoms with van der Waals surface area (Å²) in [5.41, 5.74) is 0.653. The molecule has 5 heteroatoms. The number of rotatable bonds is 2. The number of hydrogen-bond donors (Lipinski definition) is 2. The van der Waals surface area contributed by atoms with Crippen molar-refractivity contribution in [3.63, 3.8) is 0 Å². The zero-order valence-corrected chi connectivity index (χ0v) is 11.2. The second-order valence-corrected chi connectivity index (χ2v) is 5.06. The number of fused-ring (bicyclic) bond motifs is 1. The summed E-state index contributed by atoms with van der Waals surface area (Å²) in [5, 5.41) is 13.5. The smallest absolute Gasteiger partial charge is 0.291 e. The maximum atomic E-state index is 11.5. The molecule has 0 fully saturated rings. The number of nitrogens with one attached hydrogen (secondary N) is 1. The van der Waals surface area contributed by atoms with Gasteiger partial charge < -0.3 is 15.2 Å². The molecule has 0 aliphatic carbocycles. The molecule has 0 aromatic heterocycles. The summed E-state index contributed by atoms with van der Waals surface area (Å²) in [6, 6.07) is 14.8. The lowest BCUT2D eigenvalue weighted by Crippen LogP contribution is -2.12. The van der Waals surface area contributed by atoms with E-state index in [4.69, 9.17) is 4.74 Å². The first kappa shape index (κ1) is 12.6. The van der Waals surface area contributed by atoms with Crippen LogP contribution in [0.2, 0.25) is 0 Å². The number of aliphatic hydroxyl groups excluding tert-OH is 1. The molecule has 3 rings (SSSR count). The van der Waals surface area contributed by atoms with Gasteiger partial charge in [0.1, 0.15) is 11.5 Å². The first-order valence-electron chi connectivity index (χ1n) is 5.96. The summed E-state index contributed by atoms with van der Waals surface area (Å²) < 4.78 is 5.73. The predicted molar refractivity (Wildman–Crippen MR) is 78.2 cm³/mol. The van der Waals surface area contributed by atoms with Crippen molar-refractivity contribution in [2.75, 3.05) is 5.32 Å². The van der Waals surface area contributed by atoms with Gasteiger partial charge in [-0.3, -0.25) is 4.79 Å². The molecule has 0 bridgehead atoms. The third kappa shape index (κ3) is 2.62. The maximum Gasteiger partial charge on any atom is 0.291 e. The van der Waals surface area contributed by atoms with Crippen LogP contribution in [0.3, 0.4) is 0 Å². The molecule has 2 N–H and O–H groups in total. The van der Waals surface area contributed by atoms with E-state index in [2.05, 4.69) is 5.32 Å². The van der Waals surface area contributed by atoms with E-state index in [1.54, 1.807) is 12.1 Å². The topological polar surface area (TPSA) is 58.6 Å². The molecule has 0 radical (unpaired) electrons. The number of carbonyl (C=O) groups is 1. The fourth-order valence-corrected chi connectivity index (χ4v) is 2.53. The van der Waals surface area contributed by atoms with Crippen molar-refractivity contribution >= 4 is 23.4 Å². The highest BCUT2D eigenvalue weighted by atomic mass is 32.2. The Bertz CT molecular complexity index is 683. The van der Waals surface area contributed by atoms with Crippen molar-refractivity contribution in [1.82, 2.24) is 0 Å². The lowest BCUT2D eigenvalue weighted by atomic mass is 10.3. The Balaban J connectivity index is 1.88. The molecule has 1 amide bonds. The first-order chi connectivity index (χ1) is 9.72. The molecule has 0 spiro atoms. The summed E-state index contributed by atoms with van der Waals surface area (Å²) in [6.07, 6.45) is 0. The van der Waals surface area contributed by atoms with Gasteiger partial charge in [0.15, 0.2) is 5.76 Å². The van der Waals surface area contributed by atoms with Gasteiger partial charge in [-0.05, 0) is 30.3 Å². The zero-order valence-electron chi connectivity index (χ0n) is 10.4. The molecule has 1 aliphatic rings. The minimum absolute atomic E-state index is 0.295. The third-order valence-electron chi connectivity index (χ3n) is 2.71. The molecular weight excluding hydrogens is 274 g/mol. The molecule has 2 aromatic rings. The van der Waals surface area contributed by atoms with Crippen molar-refractivity contribution in [2.45, 2.75) is 4.90 Å². The molecule has 1 aliphatic heterocycles. The second-order valence-electron chi connectivity index (χ2n) is 4.15. The lowest BCUT2D eigenvalue weighted by molar-refractivity contribution is -0.115. The van der Waals surface area contributed by atoms with E-state index in [0.717, 1.165) is 10.6 Å². The predicted octanol–water partition coefficient (Wildman–Crippen LogP) is 3.92. The van der Waals surface area contributed by atoms with Crippen molar-refractivity contribution in [2.24, 2.45) is 0 Å². The first-order valence-corrected chi connectivity index (χ1v) is 6.84. The van der Waals surface area contributed by atoms with Crippen molar-refractivity contribution in [3.8, 4) is 11.5 Å². The molecule has 100 valence electrons. The lowest BCUT2D eigenvalue weighted by Gasteiger charge is -2.10. The monoisotopic (exact) mass is 285 g/mol. The van der Waals surface area contributed by atoms with E-state index < -0.39 is 5.91 Å². The summed E-state index contributed by atoms with van der Waals surface area (Å²) in [5.74, 6) is 0.615. The fourth-order valence-electron chi connectivity index (χ4n) is 1.75. The summed E-state index contributed by atoms with van der Waals surface area (Å²) in [7, 11) is 0. The highest BCUT2D eigenvalue weighted by molar-refractivity contribution is 8.02. The normalized spacial score (nSPS) is 13.8. The molecule has 0 unspecified atom stereocenters. The van der Waals surface area contributed by atoms with Crippen LogP contribution >= 0.6 is 11.8 Å². The Hall–Kier alpha value is -2.40. The third-order valence-corrected chi connectivity index (χ3v) is 3.64. The number of benzene rings is 2. The largest absolute Gasteiger partial charge is 0.503 e. The van der Waals surface area contributed by atoms with Crippen LogP contribution in [0.15, 0.2) is 64.6 Å².